The Morgan fingerprint density at radius 2 is 1.56 bits per heavy atom. The smallest absolute Gasteiger partial charge is 0.0276 e. The highest BCUT2D eigenvalue weighted by Gasteiger charge is 2.12. The zero-order chi connectivity index (χ0) is 11.4. The minimum atomic E-state index is 1.20. The molecule has 0 heteroatoms. The van der Waals surface area contributed by atoms with E-state index in [9.17, 15) is 0 Å². The van der Waals surface area contributed by atoms with Crippen LogP contribution in [0.1, 0.15) is 61.8 Å². The molecule has 0 unspecified atom stereocenters. The molecular formula is C16H24. The van der Waals surface area contributed by atoms with Crippen molar-refractivity contribution in [3.8, 4) is 0 Å². The fraction of sp³-hybridized carbons (Fsp3) is 0.625. The summed E-state index contributed by atoms with van der Waals surface area (Å²) in [6, 6.07) is 5.02. The van der Waals surface area contributed by atoms with Crippen LogP contribution in [0.15, 0.2) is 12.1 Å². The molecule has 1 aromatic rings. The van der Waals surface area contributed by atoms with Gasteiger partial charge in [0.25, 0.3) is 0 Å². The molecule has 0 heterocycles. The Labute approximate surface area is 100 Å². The largest absolute Gasteiger partial charge is 0.0654 e. The molecule has 1 aliphatic rings. The Balaban J connectivity index is 2.28. The molecule has 0 nitrogen and oxygen atoms in total. The summed E-state index contributed by atoms with van der Waals surface area (Å²) in [4.78, 5) is 0. The third-order valence-electron chi connectivity index (χ3n) is 3.84. The lowest BCUT2D eigenvalue weighted by atomic mass is 9.86. The molecule has 16 heavy (non-hydrogen) atoms. The highest BCUT2D eigenvalue weighted by Crippen LogP contribution is 2.26. The van der Waals surface area contributed by atoms with E-state index in [1.165, 1.54) is 51.4 Å². The highest BCUT2D eigenvalue weighted by atomic mass is 14.2. The molecular weight excluding hydrogens is 192 g/mol. The van der Waals surface area contributed by atoms with E-state index >= 15 is 0 Å². The van der Waals surface area contributed by atoms with Gasteiger partial charge >= 0.3 is 0 Å². The minimum Gasteiger partial charge on any atom is -0.0654 e. The van der Waals surface area contributed by atoms with E-state index in [1.807, 2.05) is 0 Å². The second kappa shape index (κ2) is 5.52. The van der Waals surface area contributed by atoms with E-state index in [0.717, 1.165) is 0 Å². The summed E-state index contributed by atoms with van der Waals surface area (Å²) in [5.74, 6) is 0. The van der Waals surface area contributed by atoms with Crippen molar-refractivity contribution in [1.82, 2.24) is 0 Å². The average molecular weight is 216 g/mol. The van der Waals surface area contributed by atoms with Gasteiger partial charge in [-0.2, -0.15) is 0 Å². The molecule has 0 radical (unpaired) electrons. The maximum absolute atomic E-state index is 2.52. The molecule has 0 amide bonds. The van der Waals surface area contributed by atoms with E-state index in [1.54, 1.807) is 22.3 Å². The lowest BCUT2D eigenvalue weighted by molar-refractivity contribution is 0.680. The fourth-order valence-corrected chi connectivity index (χ4v) is 2.82. The topological polar surface area (TPSA) is 0 Å². The number of hydrogen-bond donors (Lipinski definition) is 0. The van der Waals surface area contributed by atoms with E-state index in [4.69, 9.17) is 0 Å². The van der Waals surface area contributed by atoms with Gasteiger partial charge in [-0.3, -0.25) is 0 Å². The molecule has 0 fully saturated rings. The van der Waals surface area contributed by atoms with E-state index < -0.39 is 0 Å². The predicted octanol–water partition coefficient (Wildman–Crippen LogP) is 4.47. The Bertz CT molecular complexity index is 349. The van der Waals surface area contributed by atoms with E-state index in [2.05, 4.69) is 26.0 Å². The van der Waals surface area contributed by atoms with Gasteiger partial charge in [-0.15, -0.1) is 0 Å². The Hall–Kier alpha value is -0.780. The quantitative estimate of drug-likeness (QED) is 0.696. The lowest BCUT2D eigenvalue weighted by Gasteiger charge is -2.19. The van der Waals surface area contributed by atoms with Crippen molar-refractivity contribution < 1.29 is 0 Å². The van der Waals surface area contributed by atoms with Crippen LogP contribution in [0, 0.1) is 0 Å². The van der Waals surface area contributed by atoms with Gasteiger partial charge in [0, 0.05) is 0 Å². The van der Waals surface area contributed by atoms with Crippen LogP contribution >= 0.6 is 0 Å². The van der Waals surface area contributed by atoms with Crippen LogP contribution in [0.4, 0.5) is 0 Å². The Morgan fingerprint density at radius 1 is 0.938 bits per heavy atom. The summed E-state index contributed by atoms with van der Waals surface area (Å²) < 4.78 is 0. The van der Waals surface area contributed by atoms with Gasteiger partial charge in [-0.25, -0.2) is 0 Å². The van der Waals surface area contributed by atoms with Crippen LogP contribution in [0.25, 0.3) is 0 Å². The van der Waals surface area contributed by atoms with Crippen molar-refractivity contribution in [2.75, 3.05) is 0 Å². The number of fused-ring (bicyclic) bond motifs is 1. The number of unbranched alkanes of at least 4 members (excludes halogenated alkanes) is 1. The first-order valence-corrected chi connectivity index (χ1v) is 6.98. The summed E-state index contributed by atoms with van der Waals surface area (Å²) in [5, 5.41) is 0. The van der Waals surface area contributed by atoms with Crippen LogP contribution in [0.3, 0.4) is 0 Å². The Morgan fingerprint density at radius 3 is 2.12 bits per heavy atom. The van der Waals surface area contributed by atoms with Crippen LogP contribution in [0.2, 0.25) is 0 Å². The number of aryl methyl sites for hydroxylation is 4. The third-order valence-corrected chi connectivity index (χ3v) is 3.84. The van der Waals surface area contributed by atoms with Crippen molar-refractivity contribution in [1.29, 1.82) is 0 Å². The minimum absolute atomic E-state index is 1.20. The molecule has 0 saturated heterocycles. The van der Waals surface area contributed by atoms with Crippen LogP contribution in [-0.4, -0.2) is 0 Å². The van der Waals surface area contributed by atoms with E-state index in [0.29, 0.717) is 0 Å². The van der Waals surface area contributed by atoms with Crippen LogP contribution in [-0.2, 0) is 25.7 Å². The molecule has 1 aromatic carbocycles. The van der Waals surface area contributed by atoms with Gasteiger partial charge < -0.3 is 0 Å². The molecule has 0 bridgehead atoms. The molecule has 0 atom stereocenters. The SMILES string of the molecule is CCCCc1cc2c(cc1CC)CCCC2. The van der Waals surface area contributed by atoms with E-state index in [-0.39, 0.29) is 0 Å². The lowest BCUT2D eigenvalue weighted by Crippen LogP contribution is -2.06. The fourth-order valence-electron chi connectivity index (χ4n) is 2.82. The van der Waals surface area contributed by atoms with Crippen molar-refractivity contribution >= 4 is 0 Å². The van der Waals surface area contributed by atoms with Crippen LogP contribution < -0.4 is 0 Å². The zero-order valence-corrected chi connectivity index (χ0v) is 10.8. The molecule has 1 aliphatic carbocycles. The molecule has 0 aromatic heterocycles. The Kier molecular flexibility index (Phi) is 4.04. The summed E-state index contributed by atoms with van der Waals surface area (Å²) in [6.45, 7) is 4.57. The monoisotopic (exact) mass is 216 g/mol. The second-order valence-electron chi connectivity index (χ2n) is 5.05. The van der Waals surface area contributed by atoms with Crippen molar-refractivity contribution in [3.63, 3.8) is 0 Å². The molecule has 0 N–H and O–H groups in total. The number of hydrogen-bond acceptors (Lipinski definition) is 0. The maximum Gasteiger partial charge on any atom is -0.0276 e. The van der Waals surface area contributed by atoms with Gasteiger partial charge in [-0.05, 0) is 67.2 Å². The summed E-state index contributed by atoms with van der Waals surface area (Å²) >= 11 is 0. The second-order valence-corrected chi connectivity index (χ2v) is 5.05. The van der Waals surface area contributed by atoms with Gasteiger partial charge in [0.1, 0.15) is 0 Å². The highest BCUT2D eigenvalue weighted by molar-refractivity contribution is 5.40. The molecule has 0 aliphatic heterocycles. The van der Waals surface area contributed by atoms with Gasteiger partial charge in [-0.1, -0.05) is 32.4 Å². The molecule has 0 spiro atoms. The van der Waals surface area contributed by atoms with Gasteiger partial charge in [0.05, 0.1) is 0 Å². The van der Waals surface area contributed by atoms with Crippen LogP contribution in [0.5, 0.6) is 0 Å². The first kappa shape index (κ1) is 11.7. The molecule has 2 rings (SSSR count). The van der Waals surface area contributed by atoms with Crippen molar-refractivity contribution in [2.24, 2.45) is 0 Å². The third kappa shape index (κ3) is 2.48. The molecule has 0 saturated carbocycles. The first-order chi connectivity index (χ1) is 7.85. The standard InChI is InChI=1S/C16H24/c1-3-5-8-14-12-16-10-7-6-9-15(16)11-13(14)4-2/h11-12H,3-10H2,1-2H3. The summed E-state index contributed by atoms with van der Waals surface area (Å²) in [7, 11) is 0. The zero-order valence-electron chi connectivity index (χ0n) is 10.8. The average Bonchev–Trinajstić information content (AvgIpc) is 2.35. The normalized spacial score (nSPS) is 14.9. The predicted molar refractivity (Wildman–Crippen MR) is 71.1 cm³/mol. The summed E-state index contributed by atoms with van der Waals surface area (Å²) in [5.41, 5.74) is 6.53. The summed E-state index contributed by atoms with van der Waals surface area (Å²) in [6.07, 6.45) is 10.6. The number of rotatable bonds is 4. The number of benzene rings is 1. The van der Waals surface area contributed by atoms with Gasteiger partial charge in [0.15, 0.2) is 0 Å². The van der Waals surface area contributed by atoms with Crippen molar-refractivity contribution in [3.05, 3.63) is 34.4 Å². The first-order valence-electron chi connectivity index (χ1n) is 6.98. The molecule has 88 valence electrons. The van der Waals surface area contributed by atoms with Crippen molar-refractivity contribution in [2.45, 2.75) is 65.2 Å². The van der Waals surface area contributed by atoms with Gasteiger partial charge in [0.2, 0.25) is 0 Å². The maximum atomic E-state index is 2.52.